The lowest BCUT2D eigenvalue weighted by molar-refractivity contribution is -0.261. The largest absolute Gasteiger partial charge is 0.434 e. The van der Waals surface area contributed by atoms with Gasteiger partial charge in [0.1, 0.15) is 18.5 Å². The number of carbonyl (C=O) groups is 2. The van der Waals surface area contributed by atoms with Crippen LogP contribution in [0.5, 0.6) is 0 Å². The summed E-state index contributed by atoms with van der Waals surface area (Å²) < 4.78 is 61.9. The van der Waals surface area contributed by atoms with E-state index in [1.165, 1.54) is 29.5 Å². The number of cyclic esters (lactones) is 1. The van der Waals surface area contributed by atoms with E-state index < -0.39 is 41.7 Å². The van der Waals surface area contributed by atoms with Gasteiger partial charge in [-0.05, 0) is 42.5 Å². The van der Waals surface area contributed by atoms with Gasteiger partial charge in [-0.2, -0.15) is 18.3 Å². The van der Waals surface area contributed by atoms with Gasteiger partial charge in [0, 0.05) is 11.1 Å². The second-order valence-corrected chi connectivity index (χ2v) is 6.60. The number of nitrogens with zero attached hydrogens (tertiary/aromatic N) is 3. The zero-order chi connectivity index (χ0) is 22.2. The highest BCUT2D eigenvalue weighted by atomic mass is 19.4. The van der Waals surface area contributed by atoms with E-state index in [4.69, 9.17) is 4.74 Å². The van der Waals surface area contributed by atoms with Gasteiger partial charge in [-0.15, -0.1) is 0 Å². The van der Waals surface area contributed by atoms with Crippen molar-refractivity contribution in [2.75, 3.05) is 11.9 Å². The highest BCUT2D eigenvalue weighted by Crippen LogP contribution is 2.47. The summed E-state index contributed by atoms with van der Waals surface area (Å²) in [7, 11) is 0. The molecule has 31 heavy (non-hydrogen) atoms. The second-order valence-electron chi connectivity index (χ2n) is 6.60. The molecule has 2 amide bonds. The quantitative estimate of drug-likeness (QED) is 0.614. The van der Waals surface area contributed by atoms with Gasteiger partial charge in [-0.25, -0.2) is 18.9 Å². The number of alkyl halides is 3. The Labute approximate surface area is 171 Å². The van der Waals surface area contributed by atoms with E-state index in [-0.39, 0.29) is 16.9 Å². The molecule has 2 aromatic carbocycles. The molecule has 2 N–H and O–H groups in total. The first-order valence-corrected chi connectivity index (χ1v) is 8.80. The zero-order valence-electron chi connectivity index (χ0n) is 15.5. The van der Waals surface area contributed by atoms with Crippen LogP contribution < -0.4 is 10.6 Å². The summed E-state index contributed by atoms with van der Waals surface area (Å²) >= 11 is 0. The highest BCUT2D eigenvalue weighted by Gasteiger charge is 2.62. The van der Waals surface area contributed by atoms with Crippen LogP contribution in [0.25, 0.3) is 5.69 Å². The highest BCUT2D eigenvalue weighted by molar-refractivity contribution is 5.94. The molecule has 0 fully saturated rings. The van der Waals surface area contributed by atoms with E-state index in [0.29, 0.717) is 0 Å². The fraction of sp³-hybridized carbons (Fsp3) is 0.158. The van der Waals surface area contributed by atoms with Gasteiger partial charge in [0.05, 0.1) is 17.9 Å². The molecule has 160 valence electrons. The monoisotopic (exact) mass is 435 g/mol. The molecule has 0 saturated heterocycles. The zero-order valence-corrected chi connectivity index (χ0v) is 15.5. The summed E-state index contributed by atoms with van der Waals surface area (Å²) in [6, 6.07) is 8.09. The number of aromatic nitrogens is 3. The van der Waals surface area contributed by atoms with Crippen LogP contribution >= 0.6 is 0 Å². The van der Waals surface area contributed by atoms with Crippen LogP contribution in [0.3, 0.4) is 0 Å². The fourth-order valence-electron chi connectivity index (χ4n) is 3.16. The van der Waals surface area contributed by atoms with Gasteiger partial charge >= 0.3 is 12.3 Å². The van der Waals surface area contributed by atoms with Crippen molar-refractivity contribution in [3.05, 3.63) is 72.1 Å². The molecule has 12 heteroatoms. The average Bonchev–Trinajstić information content (AvgIpc) is 3.26. The lowest BCUT2D eigenvalue weighted by atomic mass is 9.89. The Balaban J connectivity index is 1.74. The van der Waals surface area contributed by atoms with E-state index in [0.717, 1.165) is 30.3 Å². The van der Waals surface area contributed by atoms with Crippen molar-refractivity contribution in [3.8, 4) is 5.69 Å². The van der Waals surface area contributed by atoms with Gasteiger partial charge in [-0.1, -0.05) is 0 Å². The van der Waals surface area contributed by atoms with Gasteiger partial charge in [0.15, 0.2) is 0 Å². The number of ether oxygens (including phenoxy) is 1. The van der Waals surface area contributed by atoms with E-state index in [9.17, 15) is 27.2 Å². The molecule has 0 bridgehead atoms. The number of rotatable bonds is 4. The lowest BCUT2D eigenvalue weighted by Crippen LogP contribution is -2.56. The summed E-state index contributed by atoms with van der Waals surface area (Å²) in [5.41, 5.74) is -3.55. The Kier molecular flexibility index (Phi) is 4.84. The average molecular weight is 435 g/mol. The van der Waals surface area contributed by atoms with Crippen LogP contribution in [-0.4, -0.2) is 39.5 Å². The number of amides is 2. The molecule has 2 heterocycles. The summed E-state index contributed by atoms with van der Waals surface area (Å²) in [5.74, 6) is -1.50. The van der Waals surface area contributed by atoms with Gasteiger partial charge in [0.25, 0.3) is 11.5 Å². The molecule has 3 aromatic rings. The number of anilines is 1. The van der Waals surface area contributed by atoms with E-state index in [1.807, 2.05) is 0 Å². The van der Waals surface area contributed by atoms with E-state index >= 15 is 0 Å². The summed E-state index contributed by atoms with van der Waals surface area (Å²) in [4.78, 5) is 28.0. The maximum atomic E-state index is 14.3. The Morgan fingerprint density at radius 1 is 1.19 bits per heavy atom. The van der Waals surface area contributed by atoms with Crippen LogP contribution in [0, 0.1) is 5.82 Å². The molecule has 1 unspecified atom stereocenters. The molecule has 4 rings (SSSR count). The Morgan fingerprint density at radius 3 is 2.58 bits per heavy atom. The first-order chi connectivity index (χ1) is 14.7. The van der Waals surface area contributed by atoms with E-state index in [2.05, 4.69) is 20.7 Å². The molecule has 0 saturated carbocycles. The number of nitrogens with one attached hydrogen (secondary N) is 2. The summed E-state index contributed by atoms with van der Waals surface area (Å²) in [6.45, 7) is -1.10. The number of halogens is 4. The van der Waals surface area contributed by atoms with Crippen molar-refractivity contribution >= 4 is 17.7 Å². The van der Waals surface area contributed by atoms with Crippen molar-refractivity contribution in [3.63, 3.8) is 0 Å². The molecule has 0 radical (unpaired) electrons. The normalized spacial score (nSPS) is 18.0. The van der Waals surface area contributed by atoms with Crippen LogP contribution in [0.15, 0.2) is 55.1 Å². The lowest BCUT2D eigenvalue weighted by Gasteiger charge is -2.39. The van der Waals surface area contributed by atoms with Crippen molar-refractivity contribution < 1.29 is 31.9 Å². The molecule has 1 aliphatic rings. The molecule has 1 aliphatic heterocycles. The number of hydrogen-bond donors (Lipinski definition) is 2. The third-order valence-corrected chi connectivity index (χ3v) is 4.69. The maximum absolute atomic E-state index is 14.3. The topological polar surface area (TPSA) is 98.1 Å². The third-order valence-electron chi connectivity index (χ3n) is 4.69. The Morgan fingerprint density at radius 2 is 1.94 bits per heavy atom. The molecule has 1 aromatic heterocycles. The van der Waals surface area contributed by atoms with Crippen molar-refractivity contribution in [2.45, 2.75) is 11.8 Å². The minimum Gasteiger partial charge on any atom is -0.426 e. The molecule has 0 aliphatic carbocycles. The standard InChI is InChI=1S/C19H13F4N5O3/c20-12-3-1-11(2-4-12)16(29)25-8-18(19(21,22)23)14-7-13(28-10-24-9-26-28)5-6-15(14)27-17(30)31-18/h1-7,9-10H,8H2,(H,25,29)(H,27,30). The van der Waals surface area contributed by atoms with Crippen molar-refractivity contribution in [1.29, 1.82) is 0 Å². The van der Waals surface area contributed by atoms with Gasteiger partial charge in [0.2, 0.25) is 0 Å². The van der Waals surface area contributed by atoms with Crippen LogP contribution in [0.4, 0.5) is 28.0 Å². The Bertz CT molecular complexity index is 1130. The fourth-order valence-corrected chi connectivity index (χ4v) is 3.16. The number of hydrogen-bond acceptors (Lipinski definition) is 5. The SMILES string of the molecule is O=C1Nc2ccc(-n3cncn3)cc2C(CNC(=O)c2ccc(F)cc2)(C(F)(F)F)O1. The number of fused-ring (bicyclic) bond motifs is 1. The maximum Gasteiger partial charge on any atom is 0.434 e. The minimum atomic E-state index is -5.09. The summed E-state index contributed by atoms with van der Waals surface area (Å²) in [5, 5.41) is 8.23. The van der Waals surface area contributed by atoms with Crippen LogP contribution in [-0.2, 0) is 10.3 Å². The molecular weight excluding hydrogens is 422 g/mol. The van der Waals surface area contributed by atoms with Crippen LogP contribution in [0.1, 0.15) is 15.9 Å². The molecular formula is C19H13F4N5O3. The number of carbonyl (C=O) groups excluding carboxylic acids is 2. The third kappa shape index (κ3) is 3.67. The van der Waals surface area contributed by atoms with Crippen molar-refractivity contribution in [1.82, 2.24) is 20.1 Å². The van der Waals surface area contributed by atoms with Gasteiger partial charge < -0.3 is 10.1 Å². The van der Waals surface area contributed by atoms with Crippen molar-refractivity contribution in [2.24, 2.45) is 0 Å². The Hall–Kier alpha value is -3.96. The number of benzene rings is 2. The first kappa shape index (κ1) is 20.3. The predicted molar refractivity (Wildman–Crippen MR) is 97.9 cm³/mol. The van der Waals surface area contributed by atoms with Crippen LogP contribution in [0.2, 0.25) is 0 Å². The molecule has 1 atom stereocenters. The predicted octanol–water partition coefficient (Wildman–Crippen LogP) is 3.16. The smallest absolute Gasteiger partial charge is 0.426 e. The second kappa shape index (κ2) is 7.38. The summed E-state index contributed by atoms with van der Waals surface area (Å²) in [6.07, 6.45) is -3.92. The van der Waals surface area contributed by atoms with E-state index in [1.54, 1.807) is 0 Å². The first-order valence-electron chi connectivity index (χ1n) is 8.80. The minimum absolute atomic E-state index is 0.0597. The molecule has 0 spiro atoms. The molecule has 8 nitrogen and oxygen atoms in total. The van der Waals surface area contributed by atoms with Gasteiger partial charge in [-0.3, -0.25) is 10.1 Å².